The van der Waals surface area contributed by atoms with Crippen molar-refractivity contribution in [2.75, 3.05) is 13.1 Å². The van der Waals surface area contributed by atoms with E-state index in [1.165, 1.54) is 5.34 Å². The molecule has 14 heavy (non-hydrogen) atoms. The van der Waals surface area contributed by atoms with Crippen LogP contribution in [0.25, 0.3) is 11.5 Å². The maximum Gasteiger partial charge on any atom is 3.00 e. The van der Waals surface area contributed by atoms with E-state index in [-0.39, 0.29) is 29.9 Å². The molecule has 12 heteroatoms. The average molecular weight is 256 g/mol. The minimum absolute atomic E-state index is 0. The molecule has 0 saturated heterocycles. The second kappa shape index (κ2) is 99.8. The Morgan fingerprint density at radius 2 is 1.07 bits per heavy atom. The van der Waals surface area contributed by atoms with E-state index >= 15 is 0 Å². The summed E-state index contributed by atoms with van der Waals surface area (Å²) in [7, 11) is 0. The van der Waals surface area contributed by atoms with E-state index in [9.17, 15) is 0 Å². The van der Waals surface area contributed by atoms with Crippen molar-refractivity contribution in [1.29, 1.82) is 0 Å². The smallest absolute Gasteiger partial charge is 0.679 e. The largest absolute Gasteiger partial charge is 3.00 e. The molecule has 11 nitrogen and oxygen atoms in total. The summed E-state index contributed by atoms with van der Waals surface area (Å²) in [4.78, 5) is 24.1. The van der Waals surface area contributed by atoms with Crippen LogP contribution in [0.5, 0.6) is 0 Å². The maximum atomic E-state index is 8.11. The quantitative estimate of drug-likeness (QED) is 0.545. The Kier molecular flexibility index (Phi) is 209. The van der Waals surface area contributed by atoms with Gasteiger partial charge in [-0.1, -0.05) is 0 Å². The molecule has 0 atom stereocenters. The number of hydrogen-bond acceptors (Lipinski definition) is 8. The van der Waals surface area contributed by atoms with Gasteiger partial charge in [0.05, 0.1) is 0 Å². The van der Waals surface area contributed by atoms with Gasteiger partial charge in [0.1, 0.15) is 0 Å². The van der Waals surface area contributed by atoms with Gasteiger partial charge in [0.2, 0.25) is 0 Å². The van der Waals surface area contributed by atoms with E-state index in [0.717, 1.165) is 10.7 Å². The van der Waals surface area contributed by atoms with Gasteiger partial charge >= 0.3 is 16.8 Å². The second-order valence-electron chi connectivity index (χ2n) is 0.731. The monoisotopic (exact) mass is 256 g/mol. The Morgan fingerprint density at radius 1 is 1.00 bits per heavy atom. The Labute approximate surface area is 88.5 Å². The van der Waals surface area contributed by atoms with E-state index in [1.807, 2.05) is 0 Å². The molecule has 0 radical (unpaired) electrons. The summed E-state index contributed by atoms with van der Waals surface area (Å²) in [6, 6.07) is 0. The van der Waals surface area contributed by atoms with Crippen LogP contribution >= 0.6 is 0 Å². The van der Waals surface area contributed by atoms with Crippen LogP contribution in [0.1, 0.15) is 0 Å². The first-order valence-electron chi connectivity index (χ1n) is 2.32. The van der Waals surface area contributed by atoms with Crippen LogP contribution in [0.4, 0.5) is 0 Å². The molecule has 0 aromatic heterocycles. The maximum absolute atomic E-state index is 8.11. The molecule has 3 N–H and O–H groups in total. The first-order valence-corrected chi connectivity index (χ1v) is 2.32. The van der Waals surface area contributed by atoms with E-state index in [4.69, 9.17) is 41.8 Å². The average Bonchev–Trinajstić information content (AvgIpc) is 2.08. The van der Waals surface area contributed by atoms with Gasteiger partial charge in [0, 0.05) is 0 Å². The van der Waals surface area contributed by atoms with E-state index in [1.54, 1.807) is 0 Å². The fraction of sp³-hybridized carbons (Fsp3) is 1.00. The molecule has 0 amide bonds. The molecule has 0 aliphatic heterocycles. The van der Waals surface area contributed by atoms with Crippen molar-refractivity contribution in [2.24, 2.45) is 16.0 Å². The van der Waals surface area contributed by atoms with E-state index in [0.29, 0.717) is 0 Å². The minimum atomic E-state index is 0. The van der Waals surface area contributed by atoms with Crippen LogP contribution in [0.3, 0.4) is 0 Å². The fourth-order valence-corrected chi connectivity index (χ4v) is 0. The molecular weight excluding hydrogens is 249 g/mol. The normalized spacial score (nSPS) is 4.71. The van der Waals surface area contributed by atoms with Crippen LogP contribution in [0.15, 0.2) is 16.0 Å². The third-order valence-electron chi connectivity index (χ3n) is 0.125. The second-order valence-corrected chi connectivity index (χ2v) is 0.731. The Hall–Kier alpha value is -1.37. The summed E-state index contributed by atoms with van der Waals surface area (Å²) in [6.45, 7) is 0.472. The number of hydrogen-bond donors (Lipinski definition) is 1. The van der Waals surface area contributed by atoms with Gasteiger partial charge in [0.25, 0.3) is 0 Å². The van der Waals surface area contributed by atoms with Crippen molar-refractivity contribution in [3.8, 4) is 0 Å². The number of rotatable bonds is 1. The molecule has 0 bridgehead atoms. The van der Waals surface area contributed by atoms with Crippen LogP contribution in [-0.4, -0.2) is 18.3 Å². The van der Waals surface area contributed by atoms with Crippen LogP contribution in [0, 0.1) is 25.1 Å². The van der Waals surface area contributed by atoms with Crippen molar-refractivity contribution in [3.63, 3.8) is 0 Å². The molecule has 0 heterocycles. The molecule has 0 aromatic carbocycles. The van der Waals surface area contributed by atoms with Gasteiger partial charge < -0.3 is 36.9 Å². The summed E-state index contributed by atoms with van der Waals surface area (Å²) in [5.74, 6) is 0. The predicted molar refractivity (Wildman–Crippen MR) is 44.3 cm³/mol. The molecule has 0 rings (SSSR count). The fourth-order valence-electron chi connectivity index (χ4n) is 0. The first-order chi connectivity index (χ1) is 6.16. The van der Waals surface area contributed by atoms with Gasteiger partial charge in [0.15, 0.2) is 5.34 Å². The van der Waals surface area contributed by atoms with Crippen molar-refractivity contribution in [3.05, 3.63) is 36.6 Å². The summed E-state index contributed by atoms with van der Waals surface area (Å²) in [6.07, 6.45) is 0. The molecular formula is C2H7CoN5O6-. The Bertz CT molecular complexity index is 78.0. The zero-order valence-corrected chi connectivity index (χ0v) is 7.62. The molecule has 0 spiro atoms. The first kappa shape index (κ1) is 29.3. The molecule has 0 aliphatic carbocycles. The Balaban J connectivity index is -0.0000000254. The standard InChI is InChI=1S/C2H6N2.Co.3HNO2/c3-1-2-4;;3*2-1-3/h3-4H,1-2H2;;3*(H,2,3)/q-2;+3;;;/p-2. The predicted octanol–water partition coefficient (Wildman–Crippen LogP) is 1.73. The van der Waals surface area contributed by atoms with Gasteiger partial charge in [-0.25, -0.2) is 0 Å². The van der Waals surface area contributed by atoms with Crippen molar-refractivity contribution in [1.82, 2.24) is 0 Å². The topological polar surface area (TPSA) is 202 Å². The van der Waals surface area contributed by atoms with E-state index < -0.39 is 0 Å². The third-order valence-corrected chi connectivity index (χ3v) is 0.125. The molecule has 0 aliphatic rings. The summed E-state index contributed by atoms with van der Waals surface area (Å²) >= 11 is 0. The molecule has 0 aromatic rings. The molecule has 0 unspecified atom stereocenters. The van der Waals surface area contributed by atoms with Crippen molar-refractivity contribution < 1.29 is 22.0 Å². The zero-order chi connectivity index (χ0) is 11.5. The van der Waals surface area contributed by atoms with E-state index in [2.05, 4.69) is 0 Å². The van der Waals surface area contributed by atoms with Gasteiger partial charge in [-0.15, -0.1) is 15.6 Å². The van der Waals surface area contributed by atoms with Crippen LogP contribution in [-0.2, 0) is 16.8 Å². The summed E-state index contributed by atoms with van der Waals surface area (Å²) in [5, 5.41) is 25.9. The van der Waals surface area contributed by atoms with Crippen molar-refractivity contribution in [2.45, 2.75) is 0 Å². The van der Waals surface area contributed by atoms with Gasteiger partial charge in [-0.2, -0.15) is 13.1 Å². The molecule has 0 saturated carbocycles. The van der Waals surface area contributed by atoms with Crippen LogP contribution < -0.4 is 0 Å². The summed E-state index contributed by atoms with van der Waals surface area (Å²) < 4.78 is 0. The summed E-state index contributed by atoms with van der Waals surface area (Å²) in [5.41, 5.74) is 12.5. The number of nitrogens with one attached hydrogen (secondary N) is 2. The van der Waals surface area contributed by atoms with Gasteiger partial charge in [-0.05, 0) is 0 Å². The zero-order valence-electron chi connectivity index (χ0n) is 6.58. The number of nitrogens with zero attached hydrogens (tertiary/aromatic N) is 3. The van der Waals surface area contributed by atoms with Crippen LogP contribution in [0.2, 0.25) is 0 Å². The molecule has 86 valence electrons. The van der Waals surface area contributed by atoms with Gasteiger partial charge in [-0.3, -0.25) is 0 Å². The third kappa shape index (κ3) is 7060. The van der Waals surface area contributed by atoms with Crippen molar-refractivity contribution >= 4 is 0 Å². The Morgan fingerprint density at radius 3 is 1.07 bits per heavy atom. The molecule has 0 fully saturated rings. The SMILES string of the molecule is O=NO.O=N[O-].O=N[O-].[Co+3].[NH-]CC[NH-]. The minimum Gasteiger partial charge on any atom is -0.679 e.